The second-order valence-electron chi connectivity index (χ2n) is 4.62. The monoisotopic (exact) mass is 353 g/mol. The van der Waals surface area contributed by atoms with Gasteiger partial charge in [-0.3, -0.25) is 9.59 Å². The second kappa shape index (κ2) is 7.75. The SMILES string of the molecule is Cc1ccc(C(=O)CSc2nnc(SCC(N)=O)s2)c(C)c1. The molecule has 5 nitrogen and oxygen atoms in total. The summed E-state index contributed by atoms with van der Waals surface area (Å²) >= 11 is 3.98. The molecule has 1 aromatic carbocycles. The minimum Gasteiger partial charge on any atom is -0.369 e. The molecule has 0 fully saturated rings. The molecule has 0 aliphatic rings. The second-order valence-corrected chi connectivity index (χ2v) is 8.04. The van der Waals surface area contributed by atoms with Gasteiger partial charge in [0.25, 0.3) is 0 Å². The van der Waals surface area contributed by atoms with E-state index in [1.807, 2.05) is 32.0 Å². The lowest BCUT2D eigenvalue weighted by molar-refractivity contribution is -0.115. The van der Waals surface area contributed by atoms with Gasteiger partial charge in [-0.2, -0.15) is 0 Å². The molecule has 1 heterocycles. The van der Waals surface area contributed by atoms with Gasteiger partial charge in [0.1, 0.15) is 0 Å². The molecule has 1 aromatic heterocycles. The Balaban J connectivity index is 1.92. The van der Waals surface area contributed by atoms with Gasteiger partial charge in [-0.1, -0.05) is 58.6 Å². The molecule has 0 aliphatic carbocycles. The van der Waals surface area contributed by atoms with Crippen molar-refractivity contribution < 1.29 is 9.59 Å². The van der Waals surface area contributed by atoms with Gasteiger partial charge < -0.3 is 5.73 Å². The van der Waals surface area contributed by atoms with Gasteiger partial charge in [-0.15, -0.1) is 10.2 Å². The summed E-state index contributed by atoms with van der Waals surface area (Å²) in [6.07, 6.45) is 0. The van der Waals surface area contributed by atoms with Crippen LogP contribution in [0.15, 0.2) is 26.9 Å². The number of aromatic nitrogens is 2. The Kier molecular flexibility index (Phi) is 5.98. The van der Waals surface area contributed by atoms with E-state index in [-0.39, 0.29) is 17.4 Å². The number of aryl methyl sites for hydroxylation is 2. The lowest BCUT2D eigenvalue weighted by atomic mass is 10.0. The van der Waals surface area contributed by atoms with Gasteiger partial charge in [0.15, 0.2) is 14.5 Å². The van der Waals surface area contributed by atoms with E-state index in [9.17, 15) is 9.59 Å². The summed E-state index contributed by atoms with van der Waals surface area (Å²) in [5.41, 5.74) is 7.95. The molecule has 22 heavy (non-hydrogen) atoms. The topological polar surface area (TPSA) is 85.9 Å². The van der Waals surface area contributed by atoms with Crippen LogP contribution in [0.2, 0.25) is 0 Å². The van der Waals surface area contributed by atoms with Crippen molar-refractivity contribution in [1.82, 2.24) is 10.2 Å². The number of benzene rings is 1. The first-order chi connectivity index (χ1) is 10.5. The number of amides is 1. The summed E-state index contributed by atoms with van der Waals surface area (Å²) in [4.78, 5) is 23.0. The van der Waals surface area contributed by atoms with Crippen molar-refractivity contribution in [1.29, 1.82) is 0 Å². The smallest absolute Gasteiger partial charge is 0.227 e. The van der Waals surface area contributed by atoms with Crippen molar-refractivity contribution in [2.45, 2.75) is 22.5 Å². The lowest BCUT2D eigenvalue weighted by Gasteiger charge is -2.04. The van der Waals surface area contributed by atoms with Crippen LogP contribution in [0.3, 0.4) is 0 Å². The molecule has 116 valence electrons. The fourth-order valence-electron chi connectivity index (χ4n) is 1.78. The zero-order chi connectivity index (χ0) is 16.1. The zero-order valence-electron chi connectivity index (χ0n) is 12.2. The average molecular weight is 353 g/mol. The van der Waals surface area contributed by atoms with Crippen molar-refractivity contribution in [2.24, 2.45) is 5.73 Å². The molecule has 0 spiro atoms. The van der Waals surface area contributed by atoms with Crippen molar-refractivity contribution in [2.75, 3.05) is 11.5 Å². The van der Waals surface area contributed by atoms with Gasteiger partial charge >= 0.3 is 0 Å². The molecule has 0 aliphatic heterocycles. The molecule has 0 unspecified atom stereocenters. The summed E-state index contributed by atoms with van der Waals surface area (Å²) in [6, 6.07) is 5.80. The minimum atomic E-state index is -0.389. The Hall–Kier alpha value is -1.38. The summed E-state index contributed by atoms with van der Waals surface area (Å²) < 4.78 is 1.39. The first-order valence-corrected chi connectivity index (χ1v) is 9.22. The molecule has 2 rings (SSSR count). The Morgan fingerprint density at radius 1 is 1.14 bits per heavy atom. The van der Waals surface area contributed by atoms with E-state index in [4.69, 9.17) is 5.73 Å². The molecule has 0 saturated carbocycles. The van der Waals surface area contributed by atoms with Gasteiger partial charge in [-0.05, 0) is 19.4 Å². The molecule has 0 radical (unpaired) electrons. The number of carbonyl (C=O) groups is 2. The molecule has 2 N–H and O–H groups in total. The number of hydrogen-bond acceptors (Lipinski definition) is 7. The van der Waals surface area contributed by atoms with E-state index in [1.165, 1.54) is 34.9 Å². The Morgan fingerprint density at radius 2 is 1.77 bits per heavy atom. The highest BCUT2D eigenvalue weighted by Gasteiger charge is 2.12. The molecule has 2 aromatic rings. The van der Waals surface area contributed by atoms with Gasteiger partial charge in [-0.25, -0.2) is 0 Å². The molecule has 8 heteroatoms. The first kappa shape index (κ1) is 17.0. The number of thioether (sulfide) groups is 2. The van der Waals surface area contributed by atoms with Crippen molar-refractivity contribution >= 4 is 46.6 Å². The van der Waals surface area contributed by atoms with E-state index < -0.39 is 0 Å². The molecular formula is C14H15N3O2S3. The number of primary amides is 1. The minimum absolute atomic E-state index is 0.0732. The van der Waals surface area contributed by atoms with Crippen LogP contribution in [0.5, 0.6) is 0 Å². The predicted octanol–water partition coefficient (Wildman–Crippen LogP) is 2.71. The zero-order valence-corrected chi connectivity index (χ0v) is 14.6. The summed E-state index contributed by atoms with van der Waals surface area (Å²) in [5.74, 6) is 0.184. The van der Waals surface area contributed by atoms with E-state index in [0.717, 1.165) is 16.7 Å². The number of hydrogen-bond donors (Lipinski definition) is 1. The van der Waals surface area contributed by atoms with Crippen LogP contribution in [0, 0.1) is 13.8 Å². The first-order valence-electron chi connectivity index (χ1n) is 6.43. The maximum atomic E-state index is 12.2. The van der Waals surface area contributed by atoms with Gasteiger partial charge in [0.05, 0.1) is 11.5 Å². The van der Waals surface area contributed by atoms with Crippen LogP contribution < -0.4 is 5.73 Å². The number of rotatable bonds is 7. The number of carbonyl (C=O) groups excluding carboxylic acids is 2. The summed E-state index contributed by atoms with van der Waals surface area (Å²) in [6.45, 7) is 3.94. The molecule has 1 amide bonds. The average Bonchev–Trinajstić information content (AvgIpc) is 2.90. The fraction of sp³-hybridized carbons (Fsp3) is 0.286. The van der Waals surface area contributed by atoms with E-state index in [2.05, 4.69) is 10.2 Å². The van der Waals surface area contributed by atoms with Crippen LogP contribution in [-0.2, 0) is 4.79 Å². The normalized spacial score (nSPS) is 10.6. The quantitative estimate of drug-likeness (QED) is 0.608. The molecule has 0 atom stereocenters. The van der Waals surface area contributed by atoms with Gasteiger partial charge in [0.2, 0.25) is 5.91 Å². The Morgan fingerprint density at radius 3 is 2.36 bits per heavy atom. The molecule has 0 bridgehead atoms. The standard InChI is InChI=1S/C14H15N3O2S3/c1-8-3-4-10(9(2)5-8)11(18)6-20-13-16-17-14(22-13)21-7-12(15)19/h3-5H,6-7H2,1-2H3,(H2,15,19). The van der Waals surface area contributed by atoms with Crippen molar-refractivity contribution in [3.63, 3.8) is 0 Å². The number of nitrogens with two attached hydrogens (primary N) is 1. The fourth-order valence-corrected chi connectivity index (χ4v) is 4.42. The number of nitrogens with zero attached hydrogens (tertiary/aromatic N) is 2. The maximum absolute atomic E-state index is 12.2. The van der Waals surface area contributed by atoms with Crippen molar-refractivity contribution in [3.8, 4) is 0 Å². The predicted molar refractivity (Wildman–Crippen MR) is 90.8 cm³/mol. The van der Waals surface area contributed by atoms with Crippen LogP contribution in [0.4, 0.5) is 0 Å². The third kappa shape index (κ3) is 4.82. The number of ketones is 1. The Labute approximate surface area is 141 Å². The Bertz CT molecular complexity index is 700. The number of Topliss-reactive ketones (excluding diaryl/α,β-unsaturated/α-hetero) is 1. The highest BCUT2D eigenvalue weighted by atomic mass is 32.2. The lowest BCUT2D eigenvalue weighted by Crippen LogP contribution is -2.12. The summed E-state index contributed by atoms with van der Waals surface area (Å²) in [5, 5.41) is 7.96. The molecule has 0 saturated heterocycles. The largest absolute Gasteiger partial charge is 0.369 e. The van der Waals surface area contributed by atoms with Crippen LogP contribution >= 0.6 is 34.9 Å². The van der Waals surface area contributed by atoms with E-state index >= 15 is 0 Å². The van der Waals surface area contributed by atoms with Crippen LogP contribution in [-0.4, -0.2) is 33.4 Å². The van der Waals surface area contributed by atoms with Crippen molar-refractivity contribution in [3.05, 3.63) is 34.9 Å². The third-order valence-corrected chi connectivity index (χ3v) is 5.95. The summed E-state index contributed by atoms with van der Waals surface area (Å²) in [7, 11) is 0. The maximum Gasteiger partial charge on any atom is 0.227 e. The van der Waals surface area contributed by atoms with Crippen LogP contribution in [0.25, 0.3) is 0 Å². The highest BCUT2D eigenvalue weighted by Crippen LogP contribution is 2.29. The highest BCUT2D eigenvalue weighted by molar-refractivity contribution is 8.03. The molecular weight excluding hydrogens is 338 g/mol. The van der Waals surface area contributed by atoms with Gasteiger partial charge in [0, 0.05) is 5.56 Å². The van der Waals surface area contributed by atoms with Crippen LogP contribution in [0.1, 0.15) is 21.5 Å². The third-order valence-electron chi connectivity index (χ3n) is 2.73. The van der Waals surface area contributed by atoms with E-state index in [0.29, 0.717) is 14.4 Å². The van der Waals surface area contributed by atoms with E-state index in [1.54, 1.807) is 0 Å².